The van der Waals surface area contributed by atoms with E-state index in [2.05, 4.69) is 0 Å². The second-order valence-electron chi connectivity index (χ2n) is 7.95. The van der Waals surface area contributed by atoms with Crippen molar-refractivity contribution in [2.75, 3.05) is 13.1 Å². The summed E-state index contributed by atoms with van der Waals surface area (Å²) < 4.78 is 0. The number of carbonyl (C=O) groups is 3. The summed E-state index contributed by atoms with van der Waals surface area (Å²) in [6, 6.07) is 0. The number of hydrogen-bond donors (Lipinski definition) is 2. The Bertz CT molecular complexity index is 480. The van der Waals surface area contributed by atoms with E-state index in [0.717, 1.165) is 44.9 Å². The molecule has 0 atom stereocenters. The van der Waals surface area contributed by atoms with Crippen LogP contribution in [0.2, 0.25) is 0 Å². The number of amides is 1. The van der Waals surface area contributed by atoms with Crippen LogP contribution >= 0.6 is 0 Å². The van der Waals surface area contributed by atoms with Crippen LogP contribution in [0.15, 0.2) is 0 Å². The van der Waals surface area contributed by atoms with Crippen LogP contribution in [0.3, 0.4) is 0 Å². The fourth-order valence-electron chi connectivity index (χ4n) is 3.47. The molecule has 0 fully saturated rings. The minimum absolute atomic E-state index is 0.0474. The topological polar surface area (TPSA) is 112 Å². The Balaban J connectivity index is 3.44. The Kier molecular flexibility index (Phi) is 19.1. The number of aliphatic carboxylic acids is 2. The molecule has 0 aromatic heterocycles. The molecule has 0 aliphatic rings. The van der Waals surface area contributed by atoms with Crippen LogP contribution in [-0.2, 0) is 19.2 Å². The first kappa shape index (κ1) is 28.1. The van der Waals surface area contributed by atoms with Gasteiger partial charge in [0.2, 0.25) is 5.91 Å². The van der Waals surface area contributed by atoms with Gasteiger partial charge in [-0.05, 0) is 12.8 Å². The maximum Gasteiger partial charge on any atom is 0.323 e. The van der Waals surface area contributed by atoms with Crippen molar-refractivity contribution in [1.29, 1.82) is 0 Å². The van der Waals surface area contributed by atoms with Gasteiger partial charge in [0.15, 0.2) is 6.29 Å². The molecule has 0 aliphatic carbocycles. The molecule has 7 heteroatoms. The Morgan fingerprint density at radius 2 is 1.00 bits per heavy atom. The lowest BCUT2D eigenvalue weighted by atomic mass is 10.0. The van der Waals surface area contributed by atoms with Crippen LogP contribution in [0.4, 0.5) is 0 Å². The molecule has 0 heterocycles. The Hall–Kier alpha value is -1.92. The van der Waals surface area contributed by atoms with E-state index in [-0.39, 0.29) is 25.4 Å². The van der Waals surface area contributed by atoms with Crippen molar-refractivity contribution in [3.8, 4) is 0 Å². The van der Waals surface area contributed by atoms with Crippen LogP contribution in [0.5, 0.6) is 0 Å². The van der Waals surface area contributed by atoms with Gasteiger partial charge >= 0.3 is 11.9 Å². The normalized spacial score (nSPS) is 10.7. The number of rotatable bonds is 22. The summed E-state index contributed by atoms with van der Waals surface area (Å²) >= 11 is 0. The lowest BCUT2D eigenvalue weighted by Crippen LogP contribution is -2.36. The zero-order chi connectivity index (χ0) is 22.5. The van der Waals surface area contributed by atoms with Gasteiger partial charge < -0.3 is 15.1 Å². The van der Waals surface area contributed by atoms with E-state index in [4.69, 9.17) is 10.2 Å². The maximum atomic E-state index is 12.1. The fourth-order valence-corrected chi connectivity index (χ4v) is 3.47. The molecular formula is C23H40NO6. The number of nitrogens with zero attached hydrogens (tertiary/aromatic N) is 1. The van der Waals surface area contributed by atoms with Gasteiger partial charge in [-0.3, -0.25) is 19.2 Å². The summed E-state index contributed by atoms with van der Waals surface area (Å²) in [5.41, 5.74) is 0. The van der Waals surface area contributed by atoms with Crippen molar-refractivity contribution in [2.45, 2.75) is 109 Å². The van der Waals surface area contributed by atoms with Crippen LogP contribution < -0.4 is 0 Å². The summed E-state index contributed by atoms with van der Waals surface area (Å²) in [5.74, 6) is -1.96. The summed E-state index contributed by atoms with van der Waals surface area (Å²) in [5, 5.41) is 17.4. The Labute approximate surface area is 181 Å². The lowest BCUT2D eigenvalue weighted by Gasteiger charge is -2.19. The molecule has 0 aromatic carbocycles. The van der Waals surface area contributed by atoms with Crippen molar-refractivity contribution in [3.05, 3.63) is 0 Å². The van der Waals surface area contributed by atoms with Gasteiger partial charge in [-0.2, -0.15) is 0 Å². The first-order chi connectivity index (χ1) is 14.5. The van der Waals surface area contributed by atoms with Gasteiger partial charge in [-0.1, -0.05) is 77.0 Å². The molecule has 0 saturated heterocycles. The molecule has 0 bridgehead atoms. The molecule has 2 N–H and O–H groups in total. The largest absolute Gasteiger partial charge is 0.481 e. The average Bonchev–Trinajstić information content (AvgIpc) is 2.70. The van der Waals surface area contributed by atoms with Gasteiger partial charge in [-0.15, -0.1) is 0 Å². The third-order valence-corrected chi connectivity index (χ3v) is 5.19. The van der Waals surface area contributed by atoms with Crippen molar-refractivity contribution in [3.63, 3.8) is 0 Å². The van der Waals surface area contributed by atoms with Crippen molar-refractivity contribution < 1.29 is 29.4 Å². The molecule has 173 valence electrons. The number of hydrogen-bond acceptors (Lipinski definition) is 4. The van der Waals surface area contributed by atoms with E-state index < -0.39 is 11.9 Å². The van der Waals surface area contributed by atoms with E-state index in [1.54, 1.807) is 6.29 Å². The number of carbonyl (C=O) groups excluding carboxylic acids is 2. The first-order valence-corrected chi connectivity index (χ1v) is 11.5. The molecule has 30 heavy (non-hydrogen) atoms. The quantitative estimate of drug-likeness (QED) is 0.242. The number of carboxylic acids is 2. The highest BCUT2D eigenvalue weighted by Crippen LogP contribution is 2.14. The van der Waals surface area contributed by atoms with Gasteiger partial charge in [0, 0.05) is 25.8 Å². The zero-order valence-corrected chi connectivity index (χ0v) is 18.4. The van der Waals surface area contributed by atoms with E-state index in [1.807, 2.05) is 0 Å². The van der Waals surface area contributed by atoms with Crippen molar-refractivity contribution in [2.24, 2.45) is 0 Å². The van der Waals surface area contributed by atoms with E-state index in [9.17, 15) is 19.2 Å². The molecule has 0 saturated carbocycles. The van der Waals surface area contributed by atoms with Gasteiger partial charge in [0.25, 0.3) is 0 Å². The Morgan fingerprint density at radius 1 is 0.600 bits per heavy atom. The highest BCUT2D eigenvalue weighted by molar-refractivity contribution is 5.81. The number of carboxylic acid groups (broad SMARTS) is 2. The second kappa shape index (κ2) is 20.4. The average molecular weight is 427 g/mol. The van der Waals surface area contributed by atoms with Crippen molar-refractivity contribution >= 4 is 24.1 Å². The van der Waals surface area contributed by atoms with Gasteiger partial charge in [0.05, 0.1) is 0 Å². The van der Waals surface area contributed by atoms with Crippen molar-refractivity contribution in [1.82, 2.24) is 4.90 Å². The predicted octanol–water partition coefficient (Wildman–Crippen LogP) is 4.73. The Morgan fingerprint density at radius 3 is 1.37 bits per heavy atom. The van der Waals surface area contributed by atoms with Gasteiger partial charge in [0.1, 0.15) is 6.54 Å². The highest BCUT2D eigenvalue weighted by Gasteiger charge is 2.15. The third kappa shape index (κ3) is 19.4. The molecular weight excluding hydrogens is 386 g/mol. The van der Waals surface area contributed by atoms with Gasteiger partial charge in [-0.25, -0.2) is 0 Å². The molecule has 7 nitrogen and oxygen atoms in total. The first-order valence-electron chi connectivity index (χ1n) is 11.5. The summed E-state index contributed by atoms with van der Waals surface area (Å²) in [6.07, 6.45) is 18.0. The molecule has 0 spiro atoms. The summed E-state index contributed by atoms with van der Waals surface area (Å²) in [6.45, 7) is -0.232. The van der Waals surface area contributed by atoms with Crippen LogP contribution in [-0.4, -0.2) is 52.3 Å². The molecule has 1 radical (unpaired) electrons. The van der Waals surface area contributed by atoms with E-state index >= 15 is 0 Å². The maximum absolute atomic E-state index is 12.1. The zero-order valence-electron chi connectivity index (χ0n) is 18.4. The molecule has 0 unspecified atom stereocenters. The van der Waals surface area contributed by atoms with Crippen LogP contribution in [0, 0.1) is 0 Å². The van der Waals surface area contributed by atoms with E-state index in [0.29, 0.717) is 12.8 Å². The second-order valence-corrected chi connectivity index (χ2v) is 7.95. The SMILES string of the molecule is O=[C]CCN(CC(=O)O)C(=O)CCCCCCCCCCCCCCCCC(=O)O. The molecule has 1 amide bonds. The standard InChI is InChI=1S/C23H40NO6/c25-19-15-18-24(20-23(29)30)21(26)16-13-11-9-7-5-3-1-2-4-6-8-10-12-14-17-22(27)28/h1-18,20H2,(H,27,28)(H,29,30). The molecule has 0 rings (SSSR count). The summed E-state index contributed by atoms with van der Waals surface area (Å²) in [7, 11) is 0. The molecule has 0 aromatic rings. The molecule has 0 aliphatic heterocycles. The predicted molar refractivity (Wildman–Crippen MR) is 116 cm³/mol. The fraction of sp³-hybridized carbons (Fsp3) is 0.826. The minimum Gasteiger partial charge on any atom is -0.481 e. The number of unbranched alkanes of at least 4 members (excludes halogenated alkanes) is 13. The third-order valence-electron chi connectivity index (χ3n) is 5.19. The van der Waals surface area contributed by atoms with Crippen LogP contribution in [0.1, 0.15) is 109 Å². The highest BCUT2D eigenvalue weighted by atomic mass is 16.4. The summed E-state index contributed by atoms with van der Waals surface area (Å²) in [4.78, 5) is 44.8. The lowest BCUT2D eigenvalue weighted by molar-refractivity contribution is -0.144. The van der Waals surface area contributed by atoms with Crippen LogP contribution in [0.25, 0.3) is 0 Å². The van der Waals surface area contributed by atoms with E-state index in [1.165, 1.54) is 49.8 Å². The monoisotopic (exact) mass is 426 g/mol. The minimum atomic E-state index is -1.06. The smallest absolute Gasteiger partial charge is 0.323 e.